The number of nitrogens with two attached hydrogens (primary N) is 1. The first-order chi connectivity index (χ1) is 7.13. The zero-order valence-electron chi connectivity index (χ0n) is 9.55. The van der Waals surface area contributed by atoms with Crippen molar-refractivity contribution in [3.8, 4) is 5.75 Å². The Morgan fingerprint density at radius 2 is 2.13 bits per heavy atom. The monoisotopic (exact) mass is 205 g/mol. The Labute approximate surface area is 91.4 Å². The third-order valence-electron chi connectivity index (χ3n) is 3.22. The summed E-state index contributed by atoms with van der Waals surface area (Å²) in [6, 6.07) is 6.32. The molecular formula is C13H19NO. The van der Waals surface area contributed by atoms with Crippen LogP contribution < -0.4 is 10.5 Å². The summed E-state index contributed by atoms with van der Waals surface area (Å²) in [4.78, 5) is 0. The van der Waals surface area contributed by atoms with E-state index in [0.29, 0.717) is 0 Å². The lowest BCUT2D eigenvalue weighted by atomic mass is 10.0. The topological polar surface area (TPSA) is 35.2 Å². The molecule has 0 unspecified atom stereocenters. The van der Waals surface area contributed by atoms with E-state index in [9.17, 15) is 0 Å². The van der Waals surface area contributed by atoms with Crippen LogP contribution >= 0.6 is 0 Å². The number of hydrogen-bond donors (Lipinski definition) is 1. The van der Waals surface area contributed by atoms with Gasteiger partial charge in [0, 0.05) is 5.54 Å². The van der Waals surface area contributed by atoms with Crippen LogP contribution in [0, 0.1) is 6.92 Å². The summed E-state index contributed by atoms with van der Waals surface area (Å²) >= 11 is 0. The minimum atomic E-state index is 0.134. The molecule has 0 atom stereocenters. The molecule has 2 heteroatoms. The van der Waals surface area contributed by atoms with Crippen molar-refractivity contribution in [2.75, 3.05) is 7.11 Å². The van der Waals surface area contributed by atoms with Crippen LogP contribution in [0.1, 0.15) is 30.4 Å². The molecule has 1 aromatic rings. The van der Waals surface area contributed by atoms with Crippen molar-refractivity contribution in [3.63, 3.8) is 0 Å². The van der Waals surface area contributed by atoms with E-state index in [-0.39, 0.29) is 5.54 Å². The summed E-state index contributed by atoms with van der Waals surface area (Å²) in [5.41, 5.74) is 8.79. The summed E-state index contributed by atoms with van der Waals surface area (Å²) in [7, 11) is 1.73. The van der Waals surface area contributed by atoms with Gasteiger partial charge in [0.05, 0.1) is 7.11 Å². The van der Waals surface area contributed by atoms with Gasteiger partial charge >= 0.3 is 0 Å². The second-order valence-corrected chi connectivity index (χ2v) is 4.68. The molecule has 0 radical (unpaired) electrons. The van der Waals surface area contributed by atoms with Gasteiger partial charge in [0.25, 0.3) is 0 Å². The predicted molar refractivity (Wildman–Crippen MR) is 62.2 cm³/mol. The molecule has 0 aliphatic heterocycles. The summed E-state index contributed by atoms with van der Waals surface area (Å²) in [5.74, 6) is 0.991. The normalized spacial score (nSPS) is 17.5. The standard InChI is InChI=1S/C13H19NO/c1-10-3-4-12(15-2)11(9-10)5-6-13(14)7-8-13/h3-4,9H,5-8,14H2,1-2H3. The van der Waals surface area contributed by atoms with Gasteiger partial charge < -0.3 is 10.5 Å². The fourth-order valence-electron chi connectivity index (χ4n) is 1.90. The van der Waals surface area contributed by atoms with Crippen LogP contribution in [0.5, 0.6) is 5.75 Å². The molecule has 1 fully saturated rings. The van der Waals surface area contributed by atoms with Gasteiger partial charge in [-0.15, -0.1) is 0 Å². The van der Waals surface area contributed by atoms with Crippen LogP contribution in [-0.4, -0.2) is 12.6 Å². The molecule has 0 amide bonds. The molecule has 1 aromatic carbocycles. The van der Waals surface area contributed by atoms with Crippen molar-refractivity contribution in [2.45, 2.75) is 38.1 Å². The number of methoxy groups -OCH3 is 1. The van der Waals surface area contributed by atoms with E-state index in [4.69, 9.17) is 10.5 Å². The minimum absolute atomic E-state index is 0.134. The van der Waals surface area contributed by atoms with Gasteiger partial charge in [0.1, 0.15) is 5.75 Å². The van der Waals surface area contributed by atoms with Crippen molar-refractivity contribution in [3.05, 3.63) is 29.3 Å². The van der Waals surface area contributed by atoms with Crippen molar-refractivity contribution < 1.29 is 4.74 Å². The quantitative estimate of drug-likeness (QED) is 0.819. The molecule has 1 aliphatic carbocycles. The molecular weight excluding hydrogens is 186 g/mol. The Hall–Kier alpha value is -1.02. The Balaban J connectivity index is 2.08. The maximum Gasteiger partial charge on any atom is 0.122 e. The lowest BCUT2D eigenvalue weighted by molar-refractivity contribution is 0.408. The molecule has 2 rings (SSSR count). The summed E-state index contributed by atoms with van der Waals surface area (Å²) < 4.78 is 5.35. The highest BCUT2D eigenvalue weighted by Gasteiger charge is 2.37. The first-order valence-corrected chi connectivity index (χ1v) is 5.55. The molecule has 0 aromatic heterocycles. The maximum absolute atomic E-state index is 6.08. The molecule has 2 nitrogen and oxygen atoms in total. The van der Waals surface area contributed by atoms with Gasteiger partial charge in [0.15, 0.2) is 0 Å². The highest BCUT2D eigenvalue weighted by molar-refractivity contribution is 5.37. The Bertz CT molecular complexity index is 356. The minimum Gasteiger partial charge on any atom is -0.496 e. The Kier molecular flexibility index (Phi) is 2.70. The number of hydrogen-bond acceptors (Lipinski definition) is 2. The highest BCUT2D eigenvalue weighted by atomic mass is 16.5. The maximum atomic E-state index is 6.08. The Morgan fingerprint density at radius 1 is 1.40 bits per heavy atom. The van der Waals surface area contributed by atoms with E-state index in [1.54, 1.807) is 7.11 Å². The smallest absolute Gasteiger partial charge is 0.122 e. The lowest BCUT2D eigenvalue weighted by Gasteiger charge is -2.12. The molecule has 0 saturated heterocycles. The molecule has 1 saturated carbocycles. The molecule has 15 heavy (non-hydrogen) atoms. The van der Waals surface area contributed by atoms with E-state index in [0.717, 1.165) is 18.6 Å². The van der Waals surface area contributed by atoms with Crippen LogP contribution in [0.4, 0.5) is 0 Å². The third-order valence-corrected chi connectivity index (χ3v) is 3.22. The fraction of sp³-hybridized carbons (Fsp3) is 0.538. The van der Waals surface area contributed by atoms with Crippen LogP contribution in [0.25, 0.3) is 0 Å². The van der Waals surface area contributed by atoms with Crippen molar-refractivity contribution in [2.24, 2.45) is 5.73 Å². The van der Waals surface area contributed by atoms with Gasteiger partial charge in [-0.1, -0.05) is 17.7 Å². The number of ether oxygens (including phenoxy) is 1. The SMILES string of the molecule is COc1ccc(C)cc1CCC1(N)CC1. The number of rotatable bonds is 4. The highest BCUT2D eigenvalue weighted by Crippen LogP contribution is 2.37. The largest absolute Gasteiger partial charge is 0.496 e. The van der Waals surface area contributed by atoms with Crippen molar-refractivity contribution in [1.29, 1.82) is 0 Å². The van der Waals surface area contributed by atoms with E-state index in [2.05, 4.69) is 19.1 Å². The zero-order chi connectivity index (χ0) is 10.9. The zero-order valence-corrected chi connectivity index (χ0v) is 9.55. The second-order valence-electron chi connectivity index (χ2n) is 4.68. The average Bonchev–Trinajstić information content (AvgIpc) is 2.95. The van der Waals surface area contributed by atoms with Crippen molar-refractivity contribution >= 4 is 0 Å². The molecule has 2 N–H and O–H groups in total. The van der Waals surface area contributed by atoms with Gasteiger partial charge in [-0.2, -0.15) is 0 Å². The summed E-state index contributed by atoms with van der Waals surface area (Å²) in [5, 5.41) is 0. The average molecular weight is 205 g/mol. The van der Waals surface area contributed by atoms with Gasteiger partial charge in [-0.3, -0.25) is 0 Å². The van der Waals surface area contributed by atoms with Crippen molar-refractivity contribution in [1.82, 2.24) is 0 Å². The van der Waals surface area contributed by atoms with Gasteiger partial charge in [0.2, 0.25) is 0 Å². The van der Waals surface area contributed by atoms with Crippen LogP contribution in [0.15, 0.2) is 18.2 Å². The number of benzene rings is 1. The van der Waals surface area contributed by atoms with E-state index >= 15 is 0 Å². The first-order valence-electron chi connectivity index (χ1n) is 5.55. The Morgan fingerprint density at radius 3 is 2.73 bits per heavy atom. The number of aryl methyl sites for hydroxylation is 2. The van der Waals surface area contributed by atoms with Crippen LogP contribution in [0.2, 0.25) is 0 Å². The first kappa shape index (κ1) is 10.5. The lowest BCUT2D eigenvalue weighted by Crippen LogP contribution is -2.22. The molecule has 0 heterocycles. The molecule has 1 aliphatic rings. The van der Waals surface area contributed by atoms with Gasteiger partial charge in [-0.05, 0) is 44.2 Å². The van der Waals surface area contributed by atoms with Crippen LogP contribution in [0.3, 0.4) is 0 Å². The second kappa shape index (κ2) is 3.86. The molecule has 82 valence electrons. The molecule has 0 spiro atoms. The molecule has 0 bridgehead atoms. The van der Waals surface area contributed by atoms with Gasteiger partial charge in [-0.25, -0.2) is 0 Å². The van der Waals surface area contributed by atoms with Crippen LogP contribution in [-0.2, 0) is 6.42 Å². The fourth-order valence-corrected chi connectivity index (χ4v) is 1.90. The van der Waals surface area contributed by atoms with E-state index in [1.165, 1.54) is 24.0 Å². The summed E-state index contributed by atoms with van der Waals surface area (Å²) in [6.45, 7) is 2.11. The summed E-state index contributed by atoms with van der Waals surface area (Å²) in [6.07, 6.45) is 4.47. The third kappa shape index (κ3) is 2.51. The predicted octanol–water partition coefficient (Wildman–Crippen LogP) is 2.43. The van der Waals surface area contributed by atoms with E-state index < -0.39 is 0 Å². The van der Waals surface area contributed by atoms with E-state index in [1.807, 2.05) is 6.07 Å².